The molecule has 0 aliphatic heterocycles. The van der Waals surface area contributed by atoms with Crippen LogP contribution in [0, 0.1) is 5.41 Å². The lowest BCUT2D eigenvalue weighted by Gasteiger charge is -2.25. The van der Waals surface area contributed by atoms with Crippen LogP contribution < -0.4 is 0 Å². The number of nitrogens with zero attached hydrogens (tertiary/aromatic N) is 4. The first-order valence-electron chi connectivity index (χ1n) is 7.32. The molecule has 6 heteroatoms. The van der Waals surface area contributed by atoms with E-state index in [4.69, 9.17) is 5.11 Å². The van der Waals surface area contributed by atoms with Gasteiger partial charge in [-0.1, -0.05) is 40.5 Å². The van der Waals surface area contributed by atoms with Crippen LogP contribution in [0.4, 0.5) is 0 Å². The molecule has 0 fully saturated rings. The lowest BCUT2D eigenvalue weighted by atomic mass is 9.87. The molecule has 0 aliphatic carbocycles. The smallest absolute Gasteiger partial charge is 0.305 e. The predicted octanol–water partition coefficient (Wildman–Crippen LogP) is 2.86. The molecule has 0 aromatic carbocycles. The molecule has 1 rings (SSSR count). The summed E-state index contributed by atoms with van der Waals surface area (Å²) in [5.41, 5.74) is 0.0345. The van der Waals surface area contributed by atoms with E-state index in [1.807, 2.05) is 0 Å². The summed E-state index contributed by atoms with van der Waals surface area (Å²) in [5.74, 6) is -0.0109. The van der Waals surface area contributed by atoms with Crippen LogP contribution >= 0.6 is 0 Å². The number of hydrogen-bond acceptors (Lipinski definition) is 4. The zero-order chi connectivity index (χ0) is 15.2. The minimum Gasteiger partial charge on any atom is -0.481 e. The number of hydrogen-bond donors (Lipinski definition) is 1. The van der Waals surface area contributed by atoms with Gasteiger partial charge in [0.1, 0.15) is 0 Å². The highest BCUT2D eigenvalue weighted by Crippen LogP contribution is 2.30. The minimum absolute atomic E-state index is 0.0345. The number of unbranched alkanes of at least 4 members (excludes halogenated alkanes) is 2. The molecule has 0 amide bonds. The van der Waals surface area contributed by atoms with Crippen LogP contribution in [0.2, 0.25) is 0 Å². The fourth-order valence-corrected chi connectivity index (χ4v) is 2.35. The van der Waals surface area contributed by atoms with Crippen LogP contribution in [0.25, 0.3) is 0 Å². The third-order valence-corrected chi connectivity index (χ3v) is 3.17. The summed E-state index contributed by atoms with van der Waals surface area (Å²) in [6, 6.07) is -0.181. The van der Waals surface area contributed by atoms with Crippen LogP contribution in [-0.2, 0) is 11.2 Å². The Morgan fingerprint density at radius 3 is 2.60 bits per heavy atom. The highest BCUT2D eigenvalue weighted by Gasteiger charge is 2.25. The third-order valence-electron chi connectivity index (χ3n) is 3.17. The van der Waals surface area contributed by atoms with Crippen molar-refractivity contribution in [3.63, 3.8) is 0 Å². The van der Waals surface area contributed by atoms with Gasteiger partial charge in [0, 0.05) is 6.42 Å². The number of aryl methyl sites for hydroxylation is 1. The average Bonchev–Trinajstić information content (AvgIpc) is 2.74. The molecule has 1 aromatic heterocycles. The highest BCUT2D eigenvalue weighted by molar-refractivity contribution is 5.67. The summed E-state index contributed by atoms with van der Waals surface area (Å²) >= 11 is 0. The van der Waals surface area contributed by atoms with E-state index >= 15 is 0 Å². The standard InChI is InChI=1S/C14H26N4O2/c1-5-6-7-8-12-15-16-17-18(12)11(9-13(19)20)10-14(2,3)4/h11H,5-10H2,1-4H3,(H,19,20). The normalized spacial score (nSPS) is 13.4. The van der Waals surface area contributed by atoms with E-state index in [9.17, 15) is 4.79 Å². The maximum absolute atomic E-state index is 11.1. The molecule has 114 valence electrons. The summed E-state index contributed by atoms with van der Waals surface area (Å²) in [4.78, 5) is 11.1. The lowest BCUT2D eigenvalue weighted by molar-refractivity contribution is -0.138. The van der Waals surface area contributed by atoms with Crippen molar-refractivity contribution in [1.29, 1.82) is 0 Å². The van der Waals surface area contributed by atoms with Crippen molar-refractivity contribution in [2.75, 3.05) is 0 Å². The van der Waals surface area contributed by atoms with Gasteiger partial charge in [0.25, 0.3) is 0 Å². The van der Waals surface area contributed by atoms with Gasteiger partial charge in [0.05, 0.1) is 12.5 Å². The Balaban J connectivity index is 2.84. The topological polar surface area (TPSA) is 80.9 Å². The fraction of sp³-hybridized carbons (Fsp3) is 0.857. The van der Waals surface area contributed by atoms with Crippen molar-refractivity contribution in [2.24, 2.45) is 5.41 Å². The van der Waals surface area contributed by atoms with E-state index in [0.29, 0.717) is 0 Å². The molecule has 0 saturated heterocycles. The van der Waals surface area contributed by atoms with Crippen LogP contribution in [0.3, 0.4) is 0 Å². The molecule has 0 radical (unpaired) electrons. The SMILES string of the molecule is CCCCCc1nnnn1C(CC(=O)O)CC(C)(C)C. The van der Waals surface area contributed by atoms with E-state index in [-0.39, 0.29) is 17.9 Å². The van der Waals surface area contributed by atoms with Crippen molar-refractivity contribution in [2.45, 2.75) is 72.3 Å². The molecule has 0 bridgehead atoms. The molecular formula is C14H26N4O2. The van der Waals surface area contributed by atoms with Gasteiger partial charge in [0.2, 0.25) is 0 Å². The quantitative estimate of drug-likeness (QED) is 0.741. The number of tetrazole rings is 1. The predicted molar refractivity (Wildman–Crippen MR) is 76.4 cm³/mol. The van der Waals surface area contributed by atoms with Gasteiger partial charge in [-0.25, -0.2) is 4.68 Å². The molecule has 1 N–H and O–H groups in total. The summed E-state index contributed by atoms with van der Waals surface area (Å²) in [6.45, 7) is 8.45. The van der Waals surface area contributed by atoms with Gasteiger partial charge in [-0.05, 0) is 28.7 Å². The van der Waals surface area contributed by atoms with Gasteiger partial charge in [-0.2, -0.15) is 0 Å². The number of aliphatic carboxylic acids is 1. The van der Waals surface area contributed by atoms with Crippen molar-refractivity contribution < 1.29 is 9.90 Å². The van der Waals surface area contributed by atoms with Gasteiger partial charge in [-0.3, -0.25) is 4.79 Å². The third kappa shape index (κ3) is 5.67. The first-order chi connectivity index (χ1) is 9.33. The summed E-state index contributed by atoms with van der Waals surface area (Å²) in [7, 11) is 0. The molecule has 0 aliphatic rings. The molecule has 1 atom stereocenters. The maximum atomic E-state index is 11.1. The second kappa shape index (κ2) is 7.36. The van der Waals surface area contributed by atoms with Crippen molar-refractivity contribution in [1.82, 2.24) is 20.2 Å². The van der Waals surface area contributed by atoms with Crippen LogP contribution in [0.5, 0.6) is 0 Å². The van der Waals surface area contributed by atoms with Crippen molar-refractivity contribution >= 4 is 5.97 Å². The van der Waals surface area contributed by atoms with E-state index in [0.717, 1.165) is 37.9 Å². The molecule has 0 spiro atoms. The molecule has 20 heavy (non-hydrogen) atoms. The van der Waals surface area contributed by atoms with E-state index in [1.54, 1.807) is 4.68 Å². The summed E-state index contributed by atoms with van der Waals surface area (Å²) in [6.07, 6.45) is 4.92. The highest BCUT2D eigenvalue weighted by atomic mass is 16.4. The number of carboxylic acids is 1. The molecule has 1 aromatic rings. The Hall–Kier alpha value is -1.46. The number of carbonyl (C=O) groups is 1. The van der Waals surface area contributed by atoms with E-state index < -0.39 is 5.97 Å². The van der Waals surface area contributed by atoms with Crippen molar-refractivity contribution in [3.05, 3.63) is 5.82 Å². The zero-order valence-electron chi connectivity index (χ0n) is 13.0. The number of carboxylic acid groups (broad SMARTS) is 1. The largest absolute Gasteiger partial charge is 0.481 e. The fourth-order valence-electron chi connectivity index (χ4n) is 2.35. The Morgan fingerprint density at radius 2 is 2.05 bits per heavy atom. The van der Waals surface area contributed by atoms with Crippen LogP contribution in [0.1, 0.15) is 71.7 Å². The van der Waals surface area contributed by atoms with Gasteiger partial charge in [-0.15, -0.1) is 5.10 Å². The average molecular weight is 282 g/mol. The molecule has 1 unspecified atom stereocenters. The first-order valence-corrected chi connectivity index (χ1v) is 7.32. The Labute approximate surface area is 120 Å². The van der Waals surface area contributed by atoms with Gasteiger partial charge >= 0.3 is 5.97 Å². The lowest BCUT2D eigenvalue weighted by Crippen LogP contribution is -2.23. The van der Waals surface area contributed by atoms with Gasteiger partial charge in [0.15, 0.2) is 5.82 Å². The van der Waals surface area contributed by atoms with Crippen LogP contribution in [0.15, 0.2) is 0 Å². The molecule has 0 saturated carbocycles. The first kappa shape index (κ1) is 16.6. The Bertz CT molecular complexity index is 423. The number of aromatic nitrogens is 4. The minimum atomic E-state index is -0.811. The maximum Gasteiger partial charge on any atom is 0.305 e. The Kier molecular flexibility index (Phi) is 6.10. The molecular weight excluding hydrogens is 256 g/mol. The summed E-state index contributed by atoms with van der Waals surface area (Å²) < 4.78 is 1.72. The second-order valence-corrected chi connectivity index (χ2v) is 6.51. The molecule has 1 heterocycles. The second-order valence-electron chi connectivity index (χ2n) is 6.51. The van der Waals surface area contributed by atoms with Crippen molar-refractivity contribution in [3.8, 4) is 0 Å². The summed E-state index contributed by atoms with van der Waals surface area (Å²) in [5, 5.41) is 20.9. The van der Waals surface area contributed by atoms with Gasteiger partial charge < -0.3 is 5.11 Å². The molecule has 6 nitrogen and oxygen atoms in total. The monoisotopic (exact) mass is 282 g/mol. The Morgan fingerprint density at radius 1 is 1.35 bits per heavy atom. The van der Waals surface area contributed by atoms with Crippen LogP contribution in [-0.4, -0.2) is 31.3 Å². The van der Waals surface area contributed by atoms with E-state index in [1.165, 1.54) is 0 Å². The zero-order valence-corrected chi connectivity index (χ0v) is 13.0. The van der Waals surface area contributed by atoms with E-state index in [2.05, 4.69) is 43.2 Å². The number of rotatable bonds is 8.